The quantitative estimate of drug-likeness (QED) is 0.607. The molecule has 2 unspecified atom stereocenters. The van der Waals surface area contributed by atoms with E-state index >= 15 is 4.39 Å². The van der Waals surface area contributed by atoms with Crippen LogP contribution in [-0.2, 0) is 9.53 Å². The van der Waals surface area contributed by atoms with Gasteiger partial charge < -0.3 is 25.0 Å². The Morgan fingerprint density at radius 3 is 2.56 bits per heavy atom. The summed E-state index contributed by atoms with van der Waals surface area (Å²) in [7, 11) is 0. The number of hydrogen-bond donors (Lipinski definition) is 2. The van der Waals surface area contributed by atoms with E-state index in [0.717, 1.165) is 0 Å². The molecule has 0 aromatic heterocycles. The minimum absolute atomic E-state index is 0.303. The first-order chi connectivity index (χ1) is 16.3. The van der Waals surface area contributed by atoms with Crippen LogP contribution in [0.4, 0.5) is 20.6 Å². The molecular formula is C24H27FN4O4S. The zero-order valence-electron chi connectivity index (χ0n) is 18.8. The first-order valence-corrected chi connectivity index (χ1v) is 11.5. The smallest absolute Gasteiger partial charge is 0.414 e. The van der Waals surface area contributed by atoms with Crippen molar-refractivity contribution in [2.75, 3.05) is 49.1 Å². The van der Waals surface area contributed by atoms with Crippen LogP contribution >= 0.6 is 12.2 Å². The summed E-state index contributed by atoms with van der Waals surface area (Å²) in [6.07, 6.45) is -2.11. The van der Waals surface area contributed by atoms with Crippen molar-refractivity contribution in [3.63, 3.8) is 0 Å². The molecule has 2 saturated heterocycles. The van der Waals surface area contributed by atoms with E-state index in [2.05, 4.69) is 5.32 Å². The van der Waals surface area contributed by atoms with Crippen LogP contribution in [0.3, 0.4) is 0 Å². The molecule has 4 rings (SSSR count). The normalized spacial score (nSPS) is 19.1. The number of aliphatic hydroxyl groups is 1. The van der Waals surface area contributed by atoms with Gasteiger partial charge in [-0.1, -0.05) is 42.5 Å². The van der Waals surface area contributed by atoms with Gasteiger partial charge in [0, 0.05) is 26.2 Å². The second kappa shape index (κ2) is 10.4. The molecule has 8 nitrogen and oxygen atoms in total. The van der Waals surface area contributed by atoms with Crippen LogP contribution in [0.2, 0.25) is 0 Å². The fourth-order valence-electron chi connectivity index (χ4n) is 4.13. The average molecular weight is 487 g/mol. The van der Waals surface area contributed by atoms with Crippen molar-refractivity contribution in [3.05, 3.63) is 59.9 Å². The summed E-state index contributed by atoms with van der Waals surface area (Å²) in [5, 5.41) is 13.4. The monoisotopic (exact) mass is 486 g/mol. The highest BCUT2D eigenvalue weighted by Crippen LogP contribution is 2.29. The second-order valence-electron chi connectivity index (χ2n) is 8.31. The van der Waals surface area contributed by atoms with Crippen molar-refractivity contribution in [1.82, 2.24) is 10.2 Å². The number of carbonyl (C=O) groups is 2. The van der Waals surface area contributed by atoms with Crippen LogP contribution in [0, 0.1) is 5.82 Å². The van der Waals surface area contributed by atoms with E-state index in [1.165, 1.54) is 11.0 Å². The van der Waals surface area contributed by atoms with Crippen molar-refractivity contribution in [3.8, 4) is 0 Å². The first kappa shape index (κ1) is 23.9. The molecule has 2 atom stereocenters. The van der Waals surface area contributed by atoms with Gasteiger partial charge in [0.05, 0.1) is 29.5 Å². The zero-order chi connectivity index (χ0) is 24.2. The molecule has 0 spiro atoms. The van der Waals surface area contributed by atoms with Crippen LogP contribution in [0.15, 0.2) is 48.5 Å². The van der Waals surface area contributed by atoms with Crippen LogP contribution in [0.5, 0.6) is 0 Å². The molecule has 2 aromatic carbocycles. The fraction of sp³-hybridized carbons (Fsp3) is 0.375. The van der Waals surface area contributed by atoms with E-state index in [9.17, 15) is 14.7 Å². The number of aliphatic hydroxyl groups excluding tert-OH is 1. The number of amides is 2. The molecule has 0 bridgehead atoms. The molecule has 2 aliphatic rings. The number of carbonyl (C=O) groups excluding carboxylic acids is 2. The van der Waals surface area contributed by atoms with Crippen molar-refractivity contribution in [2.45, 2.75) is 19.1 Å². The maximum absolute atomic E-state index is 15.0. The van der Waals surface area contributed by atoms with Crippen LogP contribution in [-0.4, -0.2) is 72.4 Å². The molecule has 10 heteroatoms. The van der Waals surface area contributed by atoms with Gasteiger partial charge in [0.2, 0.25) is 0 Å². The SMILES string of the molecule is CC(=S)NCC1CN(c2ccc(N3CCN(C(=O)C(O)c4ccccc4)CC3)c(F)c2)C(=O)O1. The van der Waals surface area contributed by atoms with E-state index in [-0.39, 0.29) is 12.0 Å². The standard InChI is InChI=1S/C24H27FN4O4S/c1-16(34)26-14-19-15-29(24(32)33-19)18-7-8-21(20(25)13-18)27-9-11-28(12-10-27)23(31)22(30)17-5-3-2-4-6-17/h2-8,13,19,22,30H,9-12,14-15H2,1H3,(H,26,34). The highest BCUT2D eigenvalue weighted by molar-refractivity contribution is 7.80. The molecule has 2 aromatic rings. The third-order valence-corrected chi connectivity index (χ3v) is 6.12. The third kappa shape index (κ3) is 5.28. The van der Waals surface area contributed by atoms with E-state index in [4.69, 9.17) is 17.0 Å². The van der Waals surface area contributed by atoms with E-state index in [0.29, 0.717) is 61.2 Å². The highest BCUT2D eigenvalue weighted by Gasteiger charge is 2.33. The number of thiocarbonyl (C=S) groups is 1. The molecule has 0 saturated carbocycles. The van der Waals surface area contributed by atoms with Crippen molar-refractivity contribution in [1.29, 1.82) is 0 Å². The Kier molecular flexibility index (Phi) is 7.28. The van der Waals surface area contributed by atoms with Gasteiger partial charge in [0.1, 0.15) is 11.9 Å². The maximum Gasteiger partial charge on any atom is 0.414 e. The molecule has 2 amide bonds. The number of anilines is 2. The highest BCUT2D eigenvalue weighted by atomic mass is 32.1. The number of cyclic esters (lactones) is 1. The zero-order valence-corrected chi connectivity index (χ0v) is 19.6. The van der Waals surface area contributed by atoms with Gasteiger partial charge in [-0.05, 0) is 30.7 Å². The Morgan fingerprint density at radius 1 is 1.21 bits per heavy atom. The number of halogens is 1. The Bertz CT molecular complexity index is 1060. The fourth-order valence-corrected chi connectivity index (χ4v) is 4.22. The summed E-state index contributed by atoms with van der Waals surface area (Å²) in [5.74, 6) is -0.812. The van der Waals surface area contributed by atoms with Crippen molar-refractivity contribution in [2.24, 2.45) is 0 Å². The summed E-state index contributed by atoms with van der Waals surface area (Å²) in [5.41, 5.74) is 1.38. The summed E-state index contributed by atoms with van der Waals surface area (Å²) in [4.78, 5) is 30.4. The summed E-state index contributed by atoms with van der Waals surface area (Å²) in [6.45, 7) is 4.06. The number of ether oxygens (including phenoxy) is 1. The van der Waals surface area contributed by atoms with Gasteiger partial charge in [-0.3, -0.25) is 9.69 Å². The molecule has 2 fully saturated rings. The lowest BCUT2D eigenvalue weighted by Crippen LogP contribution is -2.50. The van der Waals surface area contributed by atoms with Crippen LogP contribution in [0.1, 0.15) is 18.6 Å². The molecule has 34 heavy (non-hydrogen) atoms. The summed E-state index contributed by atoms with van der Waals surface area (Å²) >= 11 is 4.98. The number of piperazine rings is 1. The van der Waals surface area contributed by atoms with E-state index in [1.807, 2.05) is 11.0 Å². The van der Waals surface area contributed by atoms with E-state index < -0.39 is 18.0 Å². The molecular weight excluding hydrogens is 459 g/mol. The van der Waals surface area contributed by atoms with Gasteiger partial charge >= 0.3 is 6.09 Å². The first-order valence-electron chi connectivity index (χ1n) is 11.1. The number of benzene rings is 2. The minimum atomic E-state index is -1.21. The number of hydrogen-bond acceptors (Lipinski definition) is 6. The average Bonchev–Trinajstić information content (AvgIpc) is 3.23. The van der Waals surface area contributed by atoms with Gasteiger partial charge in [-0.15, -0.1) is 0 Å². The molecule has 2 aliphatic heterocycles. The topological polar surface area (TPSA) is 85.4 Å². The Morgan fingerprint density at radius 2 is 1.91 bits per heavy atom. The second-order valence-corrected chi connectivity index (χ2v) is 8.93. The third-order valence-electron chi connectivity index (χ3n) is 5.98. The predicted molar refractivity (Wildman–Crippen MR) is 130 cm³/mol. The molecule has 180 valence electrons. The van der Waals surface area contributed by atoms with Crippen LogP contribution in [0.25, 0.3) is 0 Å². The minimum Gasteiger partial charge on any atom is -0.442 e. The molecule has 2 heterocycles. The van der Waals surface area contributed by atoms with Gasteiger partial charge in [0.25, 0.3) is 5.91 Å². The Balaban J connectivity index is 1.36. The number of nitrogens with one attached hydrogen (secondary N) is 1. The van der Waals surface area contributed by atoms with E-state index in [1.54, 1.807) is 48.2 Å². The molecule has 0 radical (unpaired) electrons. The van der Waals surface area contributed by atoms with Gasteiger partial charge in [-0.2, -0.15) is 0 Å². The van der Waals surface area contributed by atoms with Gasteiger partial charge in [0.15, 0.2) is 6.10 Å². The predicted octanol–water partition coefficient (Wildman–Crippen LogP) is 2.47. The summed E-state index contributed by atoms with van der Waals surface area (Å²) < 4.78 is 20.3. The van der Waals surface area contributed by atoms with Crippen molar-refractivity contribution < 1.29 is 23.8 Å². The lowest BCUT2D eigenvalue weighted by atomic mass is 10.1. The maximum atomic E-state index is 15.0. The van der Waals surface area contributed by atoms with Crippen LogP contribution < -0.4 is 15.1 Å². The van der Waals surface area contributed by atoms with Gasteiger partial charge in [-0.25, -0.2) is 9.18 Å². The number of rotatable bonds is 6. The lowest BCUT2D eigenvalue weighted by Gasteiger charge is -2.37. The largest absolute Gasteiger partial charge is 0.442 e. The van der Waals surface area contributed by atoms with Crippen molar-refractivity contribution >= 4 is 40.6 Å². The lowest BCUT2D eigenvalue weighted by molar-refractivity contribution is -0.140. The molecule has 0 aliphatic carbocycles. The Hall–Kier alpha value is -3.24. The molecule has 2 N–H and O–H groups in total. The Labute approximate surface area is 202 Å². The summed E-state index contributed by atoms with van der Waals surface area (Å²) in [6, 6.07) is 13.5. The number of nitrogens with zero attached hydrogens (tertiary/aromatic N) is 3.